The molecule has 5 nitrogen and oxygen atoms in total. The second-order valence-corrected chi connectivity index (χ2v) is 6.59. The van der Waals surface area contributed by atoms with Crippen LogP contribution >= 0.6 is 0 Å². The number of carbonyl (C=O) groups is 2. The van der Waals surface area contributed by atoms with E-state index < -0.39 is 0 Å². The lowest BCUT2D eigenvalue weighted by Crippen LogP contribution is -3.16. The molecule has 1 aliphatic carbocycles. The number of urea groups is 1. The molecule has 1 saturated heterocycles. The fourth-order valence-electron chi connectivity index (χ4n) is 3.49. The lowest BCUT2D eigenvalue weighted by molar-refractivity contribution is -0.913. The molecule has 0 unspecified atom stereocenters. The predicted molar refractivity (Wildman–Crippen MR) is 82.2 cm³/mol. The van der Waals surface area contributed by atoms with Crippen molar-refractivity contribution in [1.82, 2.24) is 10.6 Å². The van der Waals surface area contributed by atoms with Gasteiger partial charge < -0.3 is 10.2 Å². The lowest BCUT2D eigenvalue weighted by Gasteiger charge is -2.25. The van der Waals surface area contributed by atoms with E-state index >= 15 is 0 Å². The third kappa shape index (κ3) is 5.30. The first kappa shape index (κ1) is 16.3. The van der Waals surface area contributed by atoms with Crippen LogP contribution in [0.1, 0.15) is 64.7 Å². The Balaban J connectivity index is 1.74. The number of carbonyl (C=O) groups excluding carboxylic acids is 2. The predicted octanol–water partition coefficient (Wildman–Crippen LogP) is 0.992. The van der Waals surface area contributed by atoms with Gasteiger partial charge in [-0.15, -0.1) is 0 Å². The van der Waals surface area contributed by atoms with E-state index in [0.29, 0.717) is 0 Å². The van der Waals surface area contributed by atoms with Crippen LogP contribution in [0.15, 0.2) is 0 Å². The first-order valence-electron chi connectivity index (χ1n) is 8.63. The Morgan fingerprint density at radius 1 is 0.952 bits per heavy atom. The Morgan fingerprint density at radius 3 is 2.14 bits per heavy atom. The molecule has 2 fully saturated rings. The number of amides is 3. The van der Waals surface area contributed by atoms with Gasteiger partial charge in [-0.05, 0) is 45.4 Å². The molecule has 3 N–H and O–H groups in total. The number of rotatable bonds is 3. The lowest BCUT2D eigenvalue weighted by atomic mass is 9.96. The highest BCUT2D eigenvalue weighted by molar-refractivity contribution is 5.96. The van der Waals surface area contributed by atoms with E-state index in [-0.39, 0.29) is 24.0 Å². The third-order valence-electron chi connectivity index (χ3n) is 4.93. The minimum absolute atomic E-state index is 0.139. The number of hydrogen-bond donors (Lipinski definition) is 3. The number of quaternary nitrogens is 1. The molecule has 0 bridgehead atoms. The molecular formula is C16H30N3O2+. The van der Waals surface area contributed by atoms with Gasteiger partial charge in [0, 0.05) is 6.04 Å². The topological polar surface area (TPSA) is 62.6 Å². The highest BCUT2D eigenvalue weighted by Crippen LogP contribution is 2.17. The number of nitrogens with one attached hydrogen (secondary N) is 3. The average molecular weight is 296 g/mol. The molecular weight excluding hydrogens is 266 g/mol. The van der Waals surface area contributed by atoms with Gasteiger partial charge in [-0.1, -0.05) is 19.3 Å². The van der Waals surface area contributed by atoms with Crippen molar-refractivity contribution in [3.8, 4) is 0 Å². The Labute approximate surface area is 127 Å². The Hall–Kier alpha value is -1.10. The molecule has 2 aliphatic rings. The van der Waals surface area contributed by atoms with E-state index in [9.17, 15) is 9.59 Å². The van der Waals surface area contributed by atoms with Crippen LogP contribution < -0.4 is 15.5 Å². The summed E-state index contributed by atoms with van der Waals surface area (Å²) in [4.78, 5) is 25.5. The second-order valence-electron chi connectivity index (χ2n) is 6.59. The van der Waals surface area contributed by atoms with Gasteiger partial charge >= 0.3 is 6.03 Å². The van der Waals surface area contributed by atoms with Crippen molar-refractivity contribution in [2.75, 3.05) is 13.1 Å². The summed E-state index contributed by atoms with van der Waals surface area (Å²) in [5.41, 5.74) is 0. The molecule has 1 heterocycles. The molecule has 0 radical (unpaired) electrons. The van der Waals surface area contributed by atoms with Crippen molar-refractivity contribution in [3.05, 3.63) is 0 Å². The maximum atomic E-state index is 12.2. The number of likely N-dealkylation sites (tertiary alicyclic amines) is 1. The van der Waals surface area contributed by atoms with Crippen LogP contribution in [0, 0.1) is 0 Å². The highest BCUT2D eigenvalue weighted by atomic mass is 16.2. The van der Waals surface area contributed by atoms with Gasteiger partial charge in [-0.3, -0.25) is 10.1 Å². The van der Waals surface area contributed by atoms with E-state index in [0.717, 1.165) is 25.9 Å². The zero-order valence-electron chi connectivity index (χ0n) is 13.2. The van der Waals surface area contributed by atoms with Crippen LogP contribution in [0.2, 0.25) is 0 Å². The first-order chi connectivity index (χ1) is 10.2. The molecule has 2 rings (SSSR count). The van der Waals surface area contributed by atoms with Crippen LogP contribution in [0.25, 0.3) is 0 Å². The number of hydrogen-bond acceptors (Lipinski definition) is 2. The van der Waals surface area contributed by atoms with Gasteiger partial charge in [0.2, 0.25) is 0 Å². The van der Waals surface area contributed by atoms with Crippen molar-refractivity contribution >= 4 is 11.9 Å². The number of imide groups is 1. The smallest absolute Gasteiger partial charge is 0.321 e. The molecule has 5 heteroatoms. The van der Waals surface area contributed by atoms with Crippen molar-refractivity contribution in [1.29, 1.82) is 0 Å². The van der Waals surface area contributed by atoms with Gasteiger partial charge in [0.25, 0.3) is 5.91 Å². The van der Waals surface area contributed by atoms with Crippen molar-refractivity contribution in [2.45, 2.75) is 76.8 Å². The van der Waals surface area contributed by atoms with Gasteiger partial charge in [0.1, 0.15) is 0 Å². The summed E-state index contributed by atoms with van der Waals surface area (Å²) in [5, 5.41) is 5.47. The minimum Gasteiger partial charge on any atom is -0.335 e. The summed E-state index contributed by atoms with van der Waals surface area (Å²) in [5.74, 6) is -0.139. The van der Waals surface area contributed by atoms with E-state index in [1.54, 1.807) is 0 Å². The van der Waals surface area contributed by atoms with Crippen LogP contribution in [-0.4, -0.2) is 37.1 Å². The molecule has 0 aromatic carbocycles. The molecule has 0 spiro atoms. The summed E-state index contributed by atoms with van der Waals surface area (Å²) in [6, 6.07) is -0.208. The zero-order valence-corrected chi connectivity index (χ0v) is 13.2. The monoisotopic (exact) mass is 296 g/mol. The molecule has 0 aromatic heterocycles. The van der Waals surface area contributed by atoms with Crippen molar-refractivity contribution in [3.63, 3.8) is 0 Å². The molecule has 3 amide bonds. The summed E-state index contributed by atoms with van der Waals surface area (Å²) >= 11 is 0. The largest absolute Gasteiger partial charge is 0.335 e. The van der Waals surface area contributed by atoms with E-state index in [1.165, 1.54) is 49.8 Å². The van der Waals surface area contributed by atoms with Crippen molar-refractivity contribution < 1.29 is 14.5 Å². The van der Waals surface area contributed by atoms with E-state index in [4.69, 9.17) is 0 Å². The third-order valence-corrected chi connectivity index (χ3v) is 4.93. The van der Waals surface area contributed by atoms with E-state index in [1.807, 2.05) is 6.92 Å². The molecule has 1 aliphatic heterocycles. The van der Waals surface area contributed by atoms with Gasteiger partial charge in [0.05, 0.1) is 13.1 Å². The van der Waals surface area contributed by atoms with Crippen LogP contribution in [0.3, 0.4) is 0 Å². The molecule has 1 atom stereocenters. The normalized spacial score (nSPS) is 23.1. The van der Waals surface area contributed by atoms with Gasteiger partial charge in [-0.25, -0.2) is 4.79 Å². The average Bonchev–Trinajstić information content (AvgIpc) is 2.76. The Bertz CT molecular complexity index is 345. The molecule has 120 valence electrons. The second kappa shape index (κ2) is 8.37. The fraction of sp³-hybridized carbons (Fsp3) is 0.875. The van der Waals surface area contributed by atoms with Crippen molar-refractivity contribution in [2.24, 2.45) is 0 Å². The van der Waals surface area contributed by atoms with Gasteiger partial charge in [0.15, 0.2) is 6.04 Å². The van der Waals surface area contributed by atoms with Crippen LogP contribution in [0.5, 0.6) is 0 Å². The van der Waals surface area contributed by atoms with Crippen LogP contribution in [0.4, 0.5) is 4.79 Å². The van der Waals surface area contributed by atoms with Crippen LogP contribution in [-0.2, 0) is 4.79 Å². The maximum absolute atomic E-state index is 12.2. The minimum atomic E-state index is -0.312. The highest BCUT2D eigenvalue weighted by Gasteiger charge is 2.27. The fourth-order valence-corrected chi connectivity index (χ4v) is 3.49. The summed E-state index contributed by atoms with van der Waals surface area (Å²) < 4.78 is 0. The SMILES string of the molecule is C[C@@H](C(=O)NC(=O)NC1CCCCC1)[NH+]1CCCCCC1. The quantitative estimate of drug-likeness (QED) is 0.727. The van der Waals surface area contributed by atoms with Gasteiger partial charge in [-0.2, -0.15) is 0 Å². The summed E-state index contributed by atoms with van der Waals surface area (Å²) in [7, 11) is 0. The first-order valence-corrected chi connectivity index (χ1v) is 8.63. The zero-order chi connectivity index (χ0) is 15.1. The maximum Gasteiger partial charge on any atom is 0.321 e. The summed E-state index contributed by atoms with van der Waals surface area (Å²) in [6.45, 7) is 4.02. The Morgan fingerprint density at radius 2 is 1.52 bits per heavy atom. The molecule has 1 saturated carbocycles. The van der Waals surface area contributed by atoms with E-state index in [2.05, 4.69) is 10.6 Å². The molecule has 21 heavy (non-hydrogen) atoms. The Kier molecular flexibility index (Phi) is 6.49. The standard InChI is InChI=1S/C16H29N3O2/c1-13(19-11-7-2-3-8-12-19)15(20)18-16(21)17-14-9-5-4-6-10-14/h13-14H,2-12H2,1H3,(H2,17,18,20,21)/p+1/t13-/m0/s1. The summed E-state index contributed by atoms with van der Waals surface area (Å²) in [6.07, 6.45) is 10.6. The molecule has 0 aromatic rings.